The average Bonchev–Trinajstić information content (AvgIpc) is 3.58. The minimum absolute atomic E-state index is 0.0103. The molecule has 37 heavy (non-hydrogen) atoms. The first-order valence-corrected chi connectivity index (χ1v) is 11.6. The van der Waals surface area contributed by atoms with E-state index in [0.29, 0.717) is 39.2 Å². The molecule has 1 aliphatic heterocycles. The number of rotatable bonds is 7. The molecule has 0 aliphatic carbocycles. The highest BCUT2D eigenvalue weighted by Crippen LogP contribution is 2.33. The zero-order chi connectivity index (χ0) is 25.6. The van der Waals surface area contributed by atoms with Crippen LogP contribution in [0.15, 0.2) is 100 Å². The standard InChI is InChI=1S/C28H20ClN3O5/c29-21-8-4-7-20(15-21)24-12-10-22(37-24)16-30-32-28(34)23(31-27(33)19-5-2-1-3-6-19)13-18-9-11-25-26(14-18)36-17-35-25/h1-16H,17H2,(H,31,33)(H,32,34)/b23-13+,30-16+. The van der Waals surface area contributed by atoms with Crippen molar-refractivity contribution in [1.29, 1.82) is 0 Å². The maximum absolute atomic E-state index is 13.0. The molecule has 2 heterocycles. The van der Waals surface area contributed by atoms with Gasteiger partial charge in [0.25, 0.3) is 11.8 Å². The van der Waals surface area contributed by atoms with Gasteiger partial charge in [-0.2, -0.15) is 5.10 Å². The topological polar surface area (TPSA) is 102 Å². The first kappa shape index (κ1) is 23.9. The smallest absolute Gasteiger partial charge is 0.287 e. The number of nitrogens with one attached hydrogen (secondary N) is 2. The van der Waals surface area contributed by atoms with Crippen molar-refractivity contribution in [3.8, 4) is 22.8 Å². The van der Waals surface area contributed by atoms with Crippen LogP contribution < -0.4 is 20.2 Å². The van der Waals surface area contributed by atoms with Gasteiger partial charge in [-0.15, -0.1) is 0 Å². The van der Waals surface area contributed by atoms with E-state index in [2.05, 4.69) is 15.8 Å². The molecule has 1 aromatic heterocycles. The zero-order valence-corrected chi connectivity index (χ0v) is 20.1. The Hall–Kier alpha value is -4.82. The second-order valence-corrected chi connectivity index (χ2v) is 8.34. The summed E-state index contributed by atoms with van der Waals surface area (Å²) in [4.78, 5) is 25.7. The molecule has 0 radical (unpaired) electrons. The summed E-state index contributed by atoms with van der Waals surface area (Å²) in [6, 6.07) is 24.5. The van der Waals surface area contributed by atoms with E-state index in [-0.39, 0.29) is 12.5 Å². The molecule has 2 N–H and O–H groups in total. The highest BCUT2D eigenvalue weighted by Gasteiger charge is 2.17. The Morgan fingerprint density at radius 3 is 2.57 bits per heavy atom. The van der Waals surface area contributed by atoms with E-state index in [1.165, 1.54) is 12.3 Å². The predicted octanol–water partition coefficient (Wildman–Crippen LogP) is 5.25. The van der Waals surface area contributed by atoms with Gasteiger partial charge in [-0.25, -0.2) is 5.43 Å². The van der Waals surface area contributed by atoms with Crippen molar-refractivity contribution in [2.24, 2.45) is 5.10 Å². The van der Waals surface area contributed by atoms with Crippen LogP contribution in [0.3, 0.4) is 0 Å². The van der Waals surface area contributed by atoms with Crippen molar-refractivity contribution >= 4 is 35.7 Å². The Morgan fingerprint density at radius 2 is 1.73 bits per heavy atom. The molecule has 2 amide bonds. The summed E-state index contributed by atoms with van der Waals surface area (Å²) in [7, 11) is 0. The Labute approximate surface area is 217 Å². The number of furan rings is 1. The van der Waals surface area contributed by atoms with Gasteiger partial charge in [0.05, 0.1) is 6.21 Å². The summed E-state index contributed by atoms with van der Waals surface area (Å²) in [5, 5.41) is 7.24. The predicted molar refractivity (Wildman–Crippen MR) is 139 cm³/mol. The summed E-state index contributed by atoms with van der Waals surface area (Å²) in [5.41, 5.74) is 4.26. The maximum atomic E-state index is 13.0. The van der Waals surface area contributed by atoms with Crippen LogP contribution in [-0.4, -0.2) is 24.8 Å². The fourth-order valence-corrected chi connectivity index (χ4v) is 3.74. The van der Waals surface area contributed by atoms with Crippen molar-refractivity contribution in [2.45, 2.75) is 0 Å². The van der Waals surface area contributed by atoms with Crippen molar-refractivity contribution in [1.82, 2.24) is 10.7 Å². The van der Waals surface area contributed by atoms with Crippen molar-refractivity contribution in [3.05, 3.63) is 113 Å². The molecule has 0 atom stereocenters. The van der Waals surface area contributed by atoms with Gasteiger partial charge >= 0.3 is 0 Å². The molecule has 9 heteroatoms. The van der Waals surface area contributed by atoms with E-state index in [9.17, 15) is 9.59 Å². The average molecular weight is 514 g/mol. The van der Waals surface area contributed by atoms with Gasteiger partial charge in [-0.05, 0) is 60.2 Å². The first-order valence-electron chi connectivity index (χ1n) is 11.2. The summed E-state index contributed by atoms with van der Waals surface area (Å²) in [6.45, 7) is 0.126. The van der Waals surface area contributed by atoms with E-state index < -0.39 is 11.8 Å². The first-order chi connectivity index (χ1) is 18.0. The number of hydrogen-bond acceptors (Lipinski definition) is 6. The van der Waals surface area contributed by atoms with Gasteiger partial charge in [0, 0.05) is 16.1 Å². The molecule has 0 saturated carbocycles. The van der Waals surface area contributed by atoms with Crippen LogP contribution >= 0.6 is 11.6 Å². The molecule has 4 aromatic rings. The van der Waals surface area contributed by atoms with Gasteiger partial charge in [0.2, 0.25) is 6.79 Å². The van der Waals surface area contributed by atoms with E-state index >= 15 is 0 Å². The molecule has 8 nitrogen and oxygen atoms in total. The lowest BCUT2D eigenvalue weighted by Crippen LogP contribution is -2.32. The normalized spacial score (nSPS) is 12.5. The molecule has 0 bridgehead atoms. The van der Waals surface area contributed by atoms with Gasteiger partial charge in [-0.1, -0.05) is 48.0 Å². The third-order valence-electron chi connectivity index (χ3n) is 5.33. The summed E-state index contributed by atoms with van der Waals surface area (Å²) >= 11 is 6.05. The Bertz CT molecular complexity index is 1510. The lowest BCUT2D eigenvalue weighted by atomic mass is 10.1. The third kappa shape index (κ3) is 5.88. The summed E-state index contributed by atoms with van der Waals surface area (Å²) < 4.78 is 16.5. The lowest BCUT2D eigenvalue weighted by molar-refractivity contribution is -0.117. The number of hydrazone groups is 1. The number of hydrogen-bond donors (Lipinski definition) is 2. The fourth-order valence-electron chi connectivity index (χ4n) is 3.55. The highest BCUT2D eigenvalue weighted by molar-refractivity contribution is 6.30. The van der Waals surface area contributed by atoms with E-state index in [0.717, 1.165) is 5.56 Å². The minimum atomic E-state index is -0.625. The second-order valence-electron chi connectivity index (χ2n) is 7.90. The largest absolute Gasteiger partial charge is 0.455 e. The number of nitrogens with zero attached hydrogens (tertiary/aromatic N) is 1. The van der Waals surface area contributed by atoms with Crippen LogP contribution in [0.4, 0.5) is 0 Å². The molecular weight excluding hydrogens is 494 g/mol. The van der Waals surface area contributed by atoms with Gasteiger partial charge < -0.3 is 19.2 Å². The molecular formula is C28H20ClN3O5. The second kappa shape index (κ2) is 10.8. The number of halogens is 1. The van der Waals surface area contributed by atoms with E-state index in [1.807, 2.05) is 12.1 Å². The monoisotopic (exact) mass is 513 g/mol. The molecule has 3 aromatic carbocycles. The summed E-state index contributed by atoms with van der Waals surface area (Å²) in [6.07, 6.45) is 2.89. The van der Waals surface area contributed by atoms with Crippen LogP contribution in [0.1, 0.15) is 21.7 Å². The van der Waals surface area contributed by atoms with Crippen LogP contribution in [0.25, 0.3) is 17.4 Å². The van der Waals surface area contributed by atoms with E-state index in [1.54, 1.807) is 72.8 Å². The number of carbonyl (C=O) groups is 2. The van der Waals surface area contributed by atoms with Crippen molar-refractivity contribution < 1.29 is 23.5 Å². The molecule has 0 spiro atoms. The lowest BCUT2D eigenvalue weighted by Gasteiger charge is -2.09. The number of carbonyl (C=O) groups excluding carboxylic acids is 2. The summed E-state index contributed by atoms with van der Waals surface area (Å²) in [5.74, 6) is 1.12. The quantitative estimate of drug-likeness (QED) is 0.200. The van der Waals surface area contributed by atoms with Crippen molar-refractivity contribution in [3.63, 3.8) is 0 Å². The van der Waals surface area contributed by atoms with Crippen LogP contribution in [0.2, 0.25) is 5.02 Å². The maximum Gasteiger partial charge on any atom is 0.287 e. The Morgan fingerprint density at radius 1 is 0.892 bits per heavy atom. The highest BCUT2D eigenvalue weighted by atomic mass is 35.5. The third-order valence-corrected chi connectivity index (χ3v) is 5.57. The molecule has 184 valence electrons. The zero-order valence-electron chi connectivity index (χ0n) is 19.3. The van der Waals surface area contributed by atoms with Gasteiger partial charge in [0.1, 0.15) is 17.2 Å². The number of benzene rings is 3. The fraction of sp³-hybridized carbons (Fsp3) is 0.0357. The minimum Gasteiger partial charge on any atom is -0.455 e. The Kier molecular flexibility index (Phi) is 7.00. The van der Waals surface area contributed by atoms with Gasteiger partial charge in [0.15, 0.2) is 11.5 Å². The molecule has 0 saturated heterocycles. The number of fused-ring (bicyclic) bond motifs is 1. The van der Waals surface area contributed by atoms with Crippen LogP contribution in [-0.2, 0) is 4.79 Å². The molecule has 0 unspecified atom stereocenters. The Balaban J connectivity index is 1.33. The molecule has 1 aliphatic rings. The molecule has 0 fully saturated rings. The van der Waals surface area contributed by atoms with Crippen LogP contribution in [0, 0.1) is 0 Å². The number of amides is 2. The van der Waals surface area contributed by atoms with Crippen molar-refractivity contribution in [2.75, 3.05) is 6.79 Å². The number of ether oxygens (including phenoxy) is 2. The van der Waals surface area contributed by atoms with E-state index in [4.69, 9.17) is 25.5 Å². The van der Waals surface area contributed by atoms with Crippen LogP contribution in [0.5, 0.6) is 11.5 Å². The van der Waals surface area contributed by atoms with Gasteiger partial charge in [-0.3, -0.25) is 9.59 Å². The molecule has 5 rings (SSSR count). The SMILES string of the molecule is O=C(N/N=C/c1ccc(-c2cccc(Cl)c2)o1)/C(=C\c1ccc2c(c1)OCO2)NC(=O)c1ccccc1.